The number of halogens is 1. The third-order valence-electron chi connectivity index (χ3n) is 2.64. The number of nitrogens with zero attached hydrogens (tertiary/aromatic N) is 3. The summed E-state index contributed by atoms with van der Waals surface area (Å²) >= 11 is 2.11. The Balaban J connectivity index is 1.78. The highest BCUT2D eigenvalue weighted by Crippen LogP contribution is 2.14. The Labute approximate surface area is 127 Å². The van der Waals surface area contributed by atoms with Crippen LogP contribution < -0.4 is 10.9 Å². The van der Waals surface area contributed by atoms with E-state index in [1.807, 2.05) is 18.2 Å². The third-order valence-corrected chi connectivity index (χ3v) is 3.58. The monoisotopic (exact) mass is 380 g/mol. The van der Waals surface area contributed by atoms with Crippen LogP contribution in [0.15, 0.2) is 36.9 Å². The SMILES string of the molecule is O=C(NNc1ncnc2nc[nH]c12)c1ccccc1I. The Kier molecular flexibility index (Phi) is 3.46. The van der Waals surface area contributed by atoms with E-state index in [-0.39, 0.29) is 5.91 Å². The number of carbonyl (C=O) groups excluding carboxylic acids is 1. The molecule has 7 nitrogen and oxygen atoms in total. The van der Waals surface area contributed by atoms with Gasteiger partial charge in [-0.15, -0.1) is 0 Å². The van der Waals surface area contributed by atoms with Gasteiger partial charge in [-0.3, -0.25) is 15.6 Å². The fourth-order valence-corrected chi connectivity index (χ4v) is 2.32. The van der Waals surface area contributed by atoms with Crippen molar-refractivity contribution in [1.82, 2.24) is 25.4 Å². The van der Waals surface area contributed by atoms with Crippen molar-refractivity contribution >= 4 is 45.5 Å². The van der Waals surface area contributed by atoms with Gasteiger partial charge in [0.1, 0.15) is 11.8 Å². The molecule has 0 aliphatic carbocycles. The molecular weight excluding hydrogens is 371 g/mol. The zero-order valence-corrected chi connectivity index (χ0v) is 12.2. The maximum atomic E-state index is 12.1. The molecule has 0 saturated carbocycles. The number of nitrogens with one attached hydrogen (secondary N) is 3. The lowest BCUT2D eigenvalue weighted by atomic mass is 10.2. The summed E-state index contributed by atoms with van der Waals surface area (Å²) in [4.78, 5) is 27.0. The quantitative estimate of drug-likeness (QED) is 0.475. The first-order valence-electron chi connectivity index (χ1n) is 5.70. The lowest BCUT2D eigenvalue weighted by Crippen LogP contribution is -2.30. The molecule has 1 amide bonds. The highest BCUT2D eigenvalue weighted by molar-refractivity contribution is 14.1. The van der Waals surface area contributed by atoms with Gasteiger partial charge in [-0.1, -0.05) is 12.1 Å². The van der Waals surface area contributed by atoms with E-state index in [0.29, 0.717) is 22.5 Å². The second kappa shape index (κ2) is 5.41. The van der Waals surface area contributed by atoms with Crippen molar-refractivity contribution in [3.8, 4) is 0 Å². The van der Waals surface area contributed by atoms with E-state index in [0.717, 1.165) is 3.57 Å². The molecule has 0 spiro atoms. The molecule has 0 saturated heterocycles. The van der Waals surface area contributed by atoms with Gasteiger partial charge in [0.15, 0.2) is 11.5 Å². The topological polar surface area (TPSA) is 95.6 Å². The fourth-order valence-electron chi connectivity index (χ4n) is 1.69. The van der Waals surface area contributed by atoms with Crippen molar-refractivity contribution in [2.45, 2.75) is 0 Å². The van der Waals surface area contributed by atoms with Crippen molar-refractivity contribution < 1.29 is 4.79 Å². The summed E-state index contributed by atoms with van der Waals surface area (Å²) in [6.45, 7) is 0. The van der Waals surface area contributed by atoms with E-state index in [4.69, 9.17) is 0 Å². The van der Waals surface area contributed by atoms with Crippen LogP contribution in [0.5, 0.6) is 0 Å². The molecule has 1 aromatic carbocycles. The average Bonchev–Trinajstić information content (AvgIpc) is 2.94. The minimum absolute atomic E-state index is 0.235. The summed E-state index contributed by atoms with van der Waals surface area (Å²) in [5.74, 6) is 0.230. The Bertz CT molecular complexity index is 771. The van der Waals surface area contributed by atoms with E-state index in [1.54, 1.807) is 6.07 Å². The number of H-pyrrole nitrogens is 1. The van der Waals surface area contributed by atoms with Crippen LogP contribution in [0.3, 0.4) is 0 Å². The predicted molar refractivity (Wildman–Crippen MR) is 81.9 cm³/mol. The van der Waals surface area contributed by atoms with Gasteiger partial charge >= 0.3 is 0 Å². The maximum absolute atomic E-state index is 12.1. The Morgan fingerprint density at radius 1 is 1.20 bits per heavy atom. The molecule has 0 fully saturated rings. The molecule has 3 N–H and O–H groups in total. The molecule has 2 aromatic heterocycles. The molecule has 20 heavy (non-hydrogen) atoms. The van der Waals surface area contributed by atoms with Crippen molar-refractivity contribution in [3.05, 3.63) is 46.1 Å². The maximum Gasteiger partial charge on any atom is 0.270 e. The number of imidazole rings is 1. The van der Waals surface area contributed by atoms with Crippen LogP contribution in [0.1, 0.15) is 10.4 Å². The number of hydrogen-bond acceptors (Lipinski definition) is 5. The van der Waals surface area contributed by atoms with E-state index >= 15 is 0 Å². The van der Waals surface area contributed by atoms with Gasteiger partial charge in [0.05, 0.1) is 11.9 Å². The summed E-state index contributed by atoms with van der Waals surface area (Å²) < 4.78 is 0.874. The molecule has 100 valence electrons. The van der Waals surface area contributed by atoms with E-state index in [2.05, 4.69) is 53.4 Å². The smallest absolute Gasteiger partial charge is 0.270 e. The van der Waals surface area contributed by atoms with Crippen molar-refractivity contribution in [2.24, 2.45) is 0 Å². The number of anilines is 1. The molecule has 0 aliphatic rings. The van der Waals surface area contributed by atoms with Crippen LogP contribution in [0.25, 0.3) is 11.2 Å². The van der Waals surface area contributed by atoms with Crippen molar-refractivity contribution in [2.75, 3.05) is 5.43 Å². The molecule has 2 heterocycles. The normalized spacial score (nSPS) is 10.4. The highest BCUT2D eigenvalue weighted by atomic mass is 127. The van der Waals surface area contributed by atoms with E-state index in [9.17, 15) is 4.79 Å². The number of benzene rings is 1. The van der Waals surface area contributed by atoms with E-state index in [1.165, 1.54) is 12.7 Å². The Morgan fingerprint density at radius 2 is 2.05 bits per heavy atom. The first-order valence-corrected chi connectivity index (χ1v) is 6.78. The first-order chi connectivity index (χ1) is 9.75. The van der Waals surface area contributed by atoms with Crippen molar-refractivity contribution in [1.29, 1.82) is 0 Å². The van der Waals surface area contributed by atoms with Crippen LogP contribution >= 0.6 is 22.6 Å². The molecule has 0 aliphatic heterocycles. The molecule has 0 bridgehead atoms. The molecule has 0 unspecified atom stereocenters. The average molecular weight is 380 g/mol. The van der Waals surface area contributed by atoms with Gasteiger partial charge in [0.25, 0.3) is 5.91 Å². The minimum Gasteiger partial charge on any atom is -0.340 e. The van der Waals surface area contributed by atoms with Crippen LogP contribution in [-0.2, 0) is 0 Å². The van der Waals surface area contributed by atoms with Gasteiger partial charge in [-0.2, -0.15) is 0 Å². The Hall–Kier alpha value is -2.23. The molecule has 0 atom stereocenters. The number of hydrogen-bond donors (Lipinski definition) is 3. The number of aromatic nitrogens is 4. The van der Waals surface area contributed by atoms with Crippen LogP contribution in [0.2, 0.25) is 0 Å². The van der Waals surface area contributed by atoms with Crippen molar-refractivity contribution in [3.63, 3.8) is 0 Å². The molecule has 8 heteroatoms. The van der Waals surface area contributed by atoms with E-state index < -0.39 is 0 Å². The van der Waals surface area contributed by atoms with Crippen LogP contribution in [-0.4, -0.2) is 25.8 Å². The zero-order valence-electron chi connectivity index (χ0n) is 10.1. The van der Waals surface area contributed by atoms with Gasteiger partial charge in [-0.05, 0) is 34.7 Å². The molecule has 0 radical (unpaired) electrons. The van der Waals surface area contributed by atoms with Crippen LogP contribution in [0, 0.1) is 3.57 Å². The second-order valence-electron chi connectivity index (χ2n) is 3.88. The Morgan fingerprint density at radius 3 is 2.90 bits per heavy atom. The summed E-state index contributed by atoms with van der Waals surface area (Å²) in [5, 5.41) is 0. The largest absolute Gasteiger partial charge is 0.340 e. The number of amides is 1. The number of carbonyl (C=O) groups is 1. The van der Waals surface area contributed by atoms with Gasteiger partial charge in [0, 0.05) is 3.57 Å². The number of fused-ring (bicyclic) bond motifs is 1. The fraction of sp³-hybridized carbons (Fsp3) is 0. The predicted octanol–water partition coefficient (Wildman–Crippen LogP) is 1.71. The van der Waals surface area contributed by atoms with Gasteiger partial charge in [0.2, 0.25) is 0 Å². The summed E-state index contributed by atoms with van der Waals surface area (Å²) in [7, 11) is 0. The zero-order chi connectivity index (χ0) is 13.9. The lowest BCUT2D eigenvalue weighted by molar-refractivity contribution is 0.0961. The van der Waals surface area contributed by atoms with Crippen LogP contribution in [0.4, 0.5) is 5.82 Å². The number of hydrazine groups is 1. The molecule has 3 aromatic rings. The number of rotatable bonds is 3. The third kappa shape index (κ3) is 2.41. The minimum atomic E-state index is -0.235. The summed E-state index contributed by atoms with van der Waals surface area (Å²) in [5.41, 5.74) is 7.14. The van der Waals surface area contributed by atoms with Gasteiger partial charge in [-0.25, -0.2) is 15.0 Å². The van der Waals surface area contributed by atoms with Gasteiger partial charge < -0.3 is 4.98 Å². The number of aromatic amines is 1. The summed E-state index contributed by atoms with van der Waals surface area (Å²) in [6, 6.07) is 7.32. The summed E-state index contributed by atoms with van der Waals surface area (Å²) in [6.07, 6.45) is 2.90. The first kappa shape index (κ1) is 12.8. The molecule has 3 rings (SSSR count). The molecular formula is C12H9IN6O. The highest BCUT2D eigenvalue weighted by Gasteiger charge is 2.10. The second-order valence-corrected chi connectivity index (χ2v) is 5.04. The lowest BCUT2D eigenvalue weighted by Gasteiger charge is -2.08. The standard InChI is InChI=1S/C12H9IN6O/c13-8-4-2-1-3-7(8)12(20)19-18-11-9-10(15-5-14-9)16-6-17-11/h1-6H,(H,19,20)(H2,14,15,16,17,18).